The van der Waals surface area contributed by atoms with Gasteiger partial charge in [-0.05, 0) is 70.8 Å². The molecule has 0 N–H and O–H groups in total. The molecule has 1 aliphatic carbocycles. The Labute approximate surface area is 170 Å². The van der Waals surface area contributed by atoms with E-state index in [1.165, 1.54) is 38.6 Å². The molecule has 1 heterocycles. The second-order valence-electron chi connectivity index (χ2n) is 7.81. The van der Waals surface area contributed by atoms with E-state index in [0.717, 1.165) is 16.9 Å². The molecule has 4 aromatic rings. The normalized spacial score (nSPS) is 18.4. The Kier molecular flexibility index (Phi) is 3.15. The lowest BCUT2D eigenvalue weighted by Crippen LogP contribution is -2.33. The molecule has 0 fully saturated rings. The summed E-state index contributed by atoms with van der Waals surface area (Å²) < 4.78 is 6.81. The van der Waals surface area contributed by atoms with E-state index >= 15 is 0 Å². The lowest BCUT2D eigenvalue weighted by molar-refractivity contribution is 0.165. The van der Waals surface area contributed by atoms with Gasteiger partial charge >= 0.3 is 0 Å². The Morgan fingerprint density at radius 1 is 0.759 bits per heavy atom. The third-order valence-corrected chi connectivity index (χ3v) is 6.17. The standard InChI is InChI=1S/C28H18O/c1-3-19-12-13-27-23(14-19)18(2)17-28(29-27)25-11-7-6-10-22(25)24-15-20-8-4-5-9-21(20)16-26(24)28/h1,4-17H,2H3. The van der Waals surface area contributed by atoms with Crippen molar-refractivity contribution >= 4 is 16.3 Å². The van der Waals surface area contributed by atoms with Gasteiger partial charge in [0.25, 0.3) is 0 Å². The number of benzene rings is 4. The summed E-state index contributed by atoms with van der Waals surface area (Å²) in [5, 5.41) is 2.47. The third kappa shape index (κ3) is 2.12. The first-order valence-electron chi connectivity index (χ1n) is 9.82. The molecule has 6 rings (SSSR count). The van der Waals surface area contributed by atoms with Gasteiger partial charge in [0.05, 0.1) is 0 Å². The fourth-order valence-electron chi connectivity index (χ4n) is 4.83. The van der Waals surface area contributed by atoms with Crippen molar-refractivity contribution < 1.29 is 4.74 Å². The lowest BCUT2D eigenvalue weighted by Gasteiger charge is -2.35. The minimum Gasteiger partial charge on any atom is -0.473 e. The van der Waals surface area contributed by atoms with Crippen LogP contribution in [0.1, 0.15) is 29.2 Å². The van der Waals surface area contributed by atoms with Crippen molar-refractivity contribution in [1.29, 1.82) is 0 Å². The molecular weight excluding hydrogens is 352 g/mol. The zero-order chi connectivity index (χ0) is 19.6. The summed E-state index contributed by atoms with van der Waals surface area (Å²) in [4.78, 5) is 0. The fourth-order valence-corrected chi connectivity index (χ4v) is 4.83. The summed E-state index contributed by atoms with van der Waals surface area (Å²) in [5.41, 5.74) is 7.36. The molecular formula is C28H18O. The number of fused-ring (bicyclic) bond motifs is 7. The van der Waals surface area contributed by atoms with Crippen LogP contribution in [0, 0.1) is 12.3 Å². The van der Waals surface area contributed by atoms with E-state index in [-0.39, 0.29) is 0 Å². The van der Waals surface area contributed by atoms with Gasteiger partial charge in [0.1, 0.15) is 5.75 Å². The van der Waals surface area contributed by atoms with Gasteiger partial charge in [-0.15, -0.1) is 6.42 Å². The van der Waals surface area contributed by atoms with Crippen molar-refractivity contribution in [2.45, 2.75) is 12.5 Å². The highest BCUT2D eigenvalue weighted by Gasteiger charge is 2.46. The number of rotatable bonds is 0. The van der Waals surface area contributed by atoms with Crippen LogP contribution in [-0.4, -0.2) is 0 Å². The first kappa shape index (κ1) is 16.2. The second-order valence-corrected chi connectivity index (χ2v) is 7.81. The minimum atomic E-state index is -0.620. The fraction of sp³-hybridized carbons (Fsp3) is 0.0714. The van der Waals surface area contributed by atoms with Crippen LogP contribution in [0.4, 0.5) is 0 Å². The molecule has 1 unspecified atom stereocenters. The monoisotopic (exact) mass is 370 g/mol. The first-order valence-corrected chi connectivity index (χ1v) is 9.82. The Balaban J connectivity index is 1.68. The molecule has 0 aromatic heterocycles. The van der Waals surface area contributed by atoms with Gasteiger partial charge in [0, 0.05) is 22.3 Å². The Morgan fingerprint density at radius 2 is 1.52 bits per heavy atom. The minimum absolute atomic E-state index is 0.620. The average molecular weight is 370 g/mol. The molecule has 1 atom stereocenters. The number of hydrogen-bond acceptors (Lipinski definition) is 1. The van der Waals surface area contributed by atoms with Crippen LogP contribution in [0.15, 0.2) is 84.9 Å². The zero-order valence-corrected chi connectivity index (χ0v) is 16.1. The number of ether oxygens (including phenoxy) is 1. The molecule has 0 saturated heterocycles. The number of allylic oxidation sites excluding steroid dienone is 1. The van der Waals surface area contributed by atoms with Crippen molar-refractivity contribution in [3.05, 3.63) is 107 Å². The predicted molar refractivity (Wildman–Crippen MR) is 119 cm³/mol. The van der Waals surface area contributed by atoms with Gasteiger partial charge < -0.3 is 4.74 Å². The van der Waals surface area contributed by atoms with Crippen LogP contribution in [-0.2, 0) is 5.60 Å². The molecule has 1 nitrogen and oxygen atoms in total. The zero-order valence-electron chi connectivity index (χ0n) is 16.1. The van der Waals surface area contributed by atoms with E-state index in [4.69, 9.17) is 11.2 Å². The SMILES string of the molecule is C#Cc1ccc2c(c1)C(C)=CC1(O2)c2ccccc2-c2cc3ccccc3cc21. The summed E-state index contributed by atoms with van der Waals surface area (Å²) in [6, 6.07) is 27.7. The van der Waals surface area contributed by atoms with E-state index < -0.39 is 5.60 Å². The molecule has 29 heavy (non-hydrogen) atoms. The van der Waals surface area contributed by atoms with E-state index in [2.05, 4.69) is 79.6 Å². The van der Waals surface area contributed by atoms with Crippen molar-refractivity contribution in [2.75, 3.05) is 0 Å². The van der Waals surface area contributed by atoms with Crippen LogP contribution >= 0.6 is 0 Å². The number of terminal acetylenes is 1. The smallest absolute Gasteiger partial charge is 0.179 e. The molecule has 1 aliphatic heterocycles. The molecule has 1 heteroatoms. The molecule has 0 bridgehead atoms. The van der Waals surface area contributed by atoms with Crippen LogP contribution in [0.2, 0.25) is 0 Å². The first-order chi connectivity index (χ1) is 14.2. The highest BCUT2D eigenvalue weighted by molar-refractivity contribution is 5.94. The van der Waals surface area contributed by atoms with Crippen LogP contribution < -0.4 is 4.74 Å². The van der Waals surface area contributed by atoms with Crippen molar-refractivity contribution in [3.8, 4) is 29.2 Å². The van der Waals surface area contributed by atoms with Gasteiger partial charge in [0.2, 0.25) is 0 Å². The largest absolute Gasteiger partial charge is 0.473 e. The molecule has 0 radical (unpaired) electrons. The van der Waals surface area contributed by atoms with Gasteiger partial charge in [-0.25, -0.2) is 0 Å². The topological polar surface area (TPSA) is 9.23 Å². The maximum Gasteiger partial charge on any atom is 0.179 e. The molecule has 2 aliphatic rings. The van der Waals surface area contributed by atoms with Gasteiger partial charge in [-0.1, -0.05) is 54.5 Å². The summed E-state index contributed by atoms with van der Waals surface area (Å²) >= 11 is 0. The Morgan fingerprint density at radius 3 is 2.34 bits per heavy atom. The van der Waals surface area contributed by atoms with E-state index in [1.54, 1.807) is 0 Å². The van der Waals surface area contributed by atoms with Gasteiger partial charge in [-0.2, -0.15) is 0 Å². The van der Waals surface area contributed by atoms with Crippen LogP contribution in [0.3, 0.4) is 0 Å². The molecule has 1 spiro atoms. The molecule has 136 valence electrons. The summed E-state index contributed by atoms with van der Waals surface area (Å²) in [7, 11) is 0. The third-order valence-electron chi connectivity index (χ3n) is 6.17. The lowest BCUT2D eigenvalue weighted by atomic mass is 9.84. The highest BCUT2D eigenvalue weighted by atomic mass is 16.5. The maximum absolute atomic E-state index is 6.81. The van der Waals surface area contributed by atoms with Crippen molar-refractivity contribution in [3.63, 3.8) is 0 Å². The maximum atomic E-state index is 6.81. The summed E-state index contributed by atoms with van der Waals surface area (Å²) in [5.74, 6) is 3.60. The molecule has 0 saturated carbocycles. The van der Waals surface area contributed by atoms with E-state index in [0.29, 0.717) is 0 Å². The van der Waals surface area contributed by atoms with Crippen LogP contribution in [0.5, 0.6) is 5.75 Å². The van der Waals surface area contributed by atoms with Gasteiger partial charge in [0.15, 0.2) is 5.60 Å². The van der Waals surface area contributed by atoms with Crippen LogP contribution in [0.25, 0.3) is 27.5 Å². The average Bonchev–Trinajstić information content (AvgIpc) is 3.01. The second kappa shape index (κ2) is 5.63. The van der Waals surface area contributed by atoms with Crippen molar-refractivity contribution in [2.24, 2.45) is 0 Å². The summed E-state index contributed by atoms with van der Waals surface area (Å²) in [6.45, 7) is 2.14. The summed E-state index contributed by atoms with van der Waals surface area (Å²) in [6.07, 6.45) is 7.87. The molecule has 0 amide bonds. The van der Waals surface area contributed by atoms with Crippen molar-refractivity contribution in [1.82, 2.24) is 0 Å². The quantitative estimate of drug-likeness (QED) is 0.319. The Hall–Kier alpha value is -3.76. The van der Waals surface area contributed by atoms with Gasteiger partial charge in [-0.3, -0.25) is 0 Å². The predicted octanol–water partition coefficient (Wildman–Crippen LogP) is 6.54. The highest BCUT2D eigenvalue weighted by Crippen LogP contribution is 2.55. The molecule has 4 aromatic carbocycles. The number of hydrogen-bond donors (Lipinski definition) is 0. The Bertz CT molecular complexity index is 1400. The van der Waals surface area contributed by atoms with E-state index in [1.807, 2.05) is 18.2 Å². The van der Waals surface area contributed by atoms with E-state index in [9.17, 15) is 0 Å².